The molecule has 1 atom stereocenters. The SMILES string of the molecule is CCOc1cncc(C(Cc2ccccn2)NC)c1. The second kappa shape index (κ2) is 6.85. The normalized spacial score (nSPS) is 12.1. The van der Waals surface area contributed by atoms with E-state index in [1.807, 2.05) is 50.6 Å². The summed E-state index contributed by atoms with van der Waals surface area (Å²) < 4.78 is 5.49. The van der Waals surface area contributed by atoms with Crippen molar-refractivity contribution >= 4 is 0 Å². The first kappa shape index (κ1) is 13.5. The predicted molar refractivity (Wildman–Crippen MR) is 75.1 cm³/mol. The summed E-state index contributed by atoms with van der Waals surface area (Å²) in [6.07, 6.45) is 6.25. The third-order valence-electron chi connectivity index (χ3n) is 2.94. The Morgan fingerprint density at radius 1 is 1.32 bits per heavy atom. The van der Waals surface area contributed by atoms with Gasteiger partial charge in [-0.2, -0.15) is 0 Å². The molecule has 0 spiro atoms. The first-order valence-electron chi connectivity index (χ1n) is 6.48. The largest absolute Gasteiger partial charge is 0.492 e. The Morgan fingerprint density at radius 3 is 2.89 bits per heavy atom. The highest BCUT2D eigenvalue weighted by atomic mass is 16.5. The maximum Gasteiger partial charge on any atom is 0.137 e. The van der Waals surface area contributed by atoms with Gasteiger partial charge in [0.1, 0.15) is 5.75 Å². The van der Waals surface area contributed by atoms with E-state index in [0.717, 1.165) is 23.4 Å². The van der Waals surface area contributed by atoms with Crippen molar-refractivity contribution in [3.8, 4) is 5.75 Å². The van der Waals surface area contributed by atoms with Crippen LogP contribution in [0.4, 0.5) is 0 Å². The zero-order chi connectivity index (χ0) is 13.5. The Labute approximate surface area is 113 Å². The van der Waals surface area contributed by atoms with Crippen LogP contribution in [0.25, 0.3) is 0 Å². The molecule has 1 N–H and O–H groups in total. The number of likely N-dealkylation sites (N-methyl/N-ethyl adjacent to an activating group) is 1. The average Bonchev–Trinajstić information content (AvgIpc) is 2.46. The Balaban J connectivity index is 2.15. The summed E-state index contributed by atoms with van der Waals surface area (Å²) in [6, 6.07) is 8.17. The van der Waals surface area contributed by atoms with Crippen molar-refractivity contribution in [2.75, 3.05) is 13.7 Å². The van der Waals surface area contributed by atoms with Crippen LogP contribution in [0.15, 0.2) is 42.9 Å². The van der Waals surface area contributed by atoms with Gasteiger partial charge in [0.2, 0.25) is 0 Å². The molecule has 0 radical (unpaired) electrons. The smallest absolute Gasteiger partial charge is 0.137 e. The van der Waals surface area contributed by atoms with Crippen LogP contribution in [0.5, 0.6) is 5.75 Å². The lowest BCUT2D eigenvalue weighted by molar-refractivity contribution is 0.338. The summed E-state index contributed by atoms with van der Waals surface area (Å²) in [7, 11) is 1.95. The molecule has 100 valence electrons. The monoisotopic (exact) mass is 257 g/mol. The fraction of sp³-hybridized carbons (Fsp3) is 0.333. The summed E-state index contributed by atoms with van der Waals surface area (Å²) in [4.78, 5) is 8.59. The van der Waals surface area contributed by atoms with Crippen LogP contribution in [0.1, 0.15) is 24.2 Å². The molecule has 4 nitrogen and oxygen atoms in total. The number of aromatic nitrogens is 2. The number of nitrogens with zero attached hydrogens (tertiary/aromatic N) is 2. The van der Waals surface area contributed by atoms with E-state index in [2.05, 4.69) is 15.3 Å². The van der Waals surface area contributed by atoms with Gasteiger partial charge in [0.05, 0.1) is 12.8 Å². The van der Waals surface area contributed by atoms with Crippen LogP contribution in [0.3, 0.4) is 0 Å². The van der Waals surface area contributed by atoms with Crippen molar-refractivity contribution in [3.63, 3.8) is 0 Å². The van der Waals surface area contributed by atoms with E-state index in [-0.39, 0.29) is 6.04 Å². The number of nitrogens with one attached hydrogen (secondary N) is 1. The highest BCUT2D eigenvalue weighted by Crippen LogP contribution is 2.20. The van der Waals surface area contributed by atoms with Crippen molar-refractivity contribution in [1.29, 1.82) is 0 Å². The van der Waals surface area contributed by atoms with E-state index >= 15 is 0 Å². The third kappa shape index (κ3) is 3.76. The number of pyridine rings is 2. The second-order valence-corrected chi connectivity index (χ2v) is 4.25. The number of hydrogen-bond acceptors (Lipinski definition) is 4. The van der Waals surface area contributed by atoms with Crippen molar-refractivity contribution in [2.24, 2.45) is 0 Å². The summed E-state index contributed by atoms with van der Waals surface area (Å²) in [5, 5.41) is 3.30. The first-order chi connectivity index (χ1) is 9.33. The molecule has 0 saturated heterocycles. The Hall–Kier alpha value is -1.94. The van der Waals surface area contributed by atoms with Crippen LogP contribution in [-0.2, 0) is 6.42 Å². The molecule has 0 fully saturated rings. The van der Waals surface area contributed by atoms with Gasteiger partial charge >= 0.3 is 0 Å². The van der Waals surface area contributed by atoms with Crippen LogP contribution in [0, 0.1) is 0 Å². The molecule has 2 aromatic heterocycles. The molecular formula is C15H19N3O. The maximum absolute atomic E-state index is 5.49. The molecule has 2 rings (SSSR count). The fourth-order valence-electron chi connectivity index (χ4n) is 1.99. The van der Waals surface area contributed by atoms with Crippen molar-refractivity contribution in [2.45, 2.75) is 19.4 Å². The number of rotatable bonds is 6. The lowest BCUT2D eigenvalue weighted by Crippen LogP contribution is -2.19. The predicted octanol–water partition coefficient (Wildman–Crippen LogP) is 2.38. The zero-order valence-corrected chi connectivity index (χ0v) is 11.3. The van der Waals surface area contributed by atoms with Gasteiger partial charge in [-0.15, -0.1) is 0 Å². The lowest BCUT2D eigenvalue weighted by Gasteiger charge is -2.16. The summed E-state index contributed by atoms with van der Waals surface area (Å²) >= 11 is 0. The zero-order valence-electron chi connectivity index (χ0n) is 11.3. The molecule has 2 aromatic rings. The molecule has 0 amide bonds. The fourth-order valence-corrected chi connectivity index (χ4v) is 1.99. The van der Waals surface area contributed by atoms with Gasteiger partial charge < -0.3 is 10.1 Å². The van der Waals surface area contributed by atoms with Crippen LogP contribution in [0.2, 0.25) is 0 Å². The minimum atomic E-state index is 0.183. The number of hydrogen-bond donors (Lipinski definition) is 1. The highest BCUT2D eigenvalue weighted by Gasteiger charge is 2.12. The Kier molecular flexibility index (Phi) is 4.86. The Morgan fingerprint density at radius 2 is 2.21 bits per heavy atom. The van der Waals surface area contributed by atoms with E-state index in [0.29, 0.717) is 6.61 Å². The molecule has 0 aliphatic heterocycles. The summed E-state index contributed by atoms with van der Waals surface area (Å²) in [5.41, 5.74) is 2.17. The maximum atomic E-state index is 5.49. The minimum Gasteiger partial charge on any atom is -0.492 e. The molecule has 0 aliphatic carbocycles. The second-order valence-electron chi connectivity index (χ2n) is 4.25. The van der Waals surface area contributed by atoms with E-state index in [9.17, 15) is 0 Å². The molecule has 4 heteroatoms. The molecule has 0 aromatic carbocycles. The summed E-state index contributed by atoms with van der Waals surface area (Å²) in [5.74, 6) is 0.807. The minimum absolute atomic E-state index is 0.183. The van der Waals surface area contributed by atoms with Crippen LogP contribution < -0.4 is 10.1 Å². The number of ether oxygens (including phenoxy) is 1. The van der Waals surface area contributed by atoms with E-state index in [4.69, 9.17) is 4.74 Å². The van der Waals surface area contributed by atoms with Gasteiger partial charge in [-0.25, -0.2) is 0 Å². The van der Waals surface area contributed by atoms with Crippen molar-refractivity contribution in [1.82, 2.24) is 15.3 Å². The molecule has 2 heterocycles. The Bertz CT molecular complexity index is 502. The third-order valence-corrected chi connectivity index (χ3v) is 2.94. The standard InChI is InChI=1S/C15H19N3O/c1-3-19-14-8-12(10-17-11-14)15(16-2)9-13-6-4-5-7-18-13/h4-8,10-11,15-16H,3,9H2,1-2H3. The van der Waals surface area contributed by atoms with E-state index in [1.54, 1.807) is 6.20 Å². The van der Waals surface area contributed by atoms with Crippen LogP contribution in [-0.4, -0.2) is 23.6 Å². The quantitative estimate of drug-likeness (QED) is 0.863. The lowest BCUT2D eigenvalue weighted by atomic mass is 10.0. The first-order valence-corrected chi connectivity index (χ1v) is 6.48. The van der Waals surface area contributed by atoms with Gasteiger partial charge in [0, 0.05) is 30.6 Å². The summed E-state index contributed by atoms with van der Waals surface area (Å²) in [6.45, 7) is 2.62. The molecule has 0 aliphatic rings. The van der Waals surface area contributed by atoms with Crippen LogP contribution >= 0.6 is 0 Å². The van der Waals surface area contributed by atoms with Crippen molar-refractivity contribution in [3.05, 3.63) is 54.1 Å². The van der Waals surface area contributed by atoms with E-state index in [1.165, 1.54) is 0 Å². The molecule has 0 saturated carbocycles. The molecule has 19 heavy (non-hydrogen) atoms. The van der Waals surface area contributed by atoms with Gasteiger partial charge in [-0.05, 0) is 37.7 Å². The topological polar surface area (TPSA) is 47.0 Å². The average molecular weight is 257 g/mol. The van der Waals surface area contributed by atoms with Gasteiger partial charge in [-0.3, -0.25) is 9.97 Å². The van der Waals surface area contributed by atoms with Gasteiger partial charge in [0.15, 0.2) is 0 Å². The molecule has 0 bridgehead atoms. The van der Waals surface area contributed by atoms with E-state index < -0.39 is 0 Å². The molecule has 1 unspecified atom stereocenters. The molecular weight excluding hydrogens is 238 g/mol. The van der Waals surface area contributed by atoms with Gasteiger partial charge in [-0.1, -0.05) is 6.07 Å². The highest BCUT2D eigenvalue weighted by molar-refractivity contribution is 5.27. The van der Waals surface area contributed by atoms with Gasteiger partial charge in [0.25, 0.3) is 0 Å². The van der Waals surface area contributed by atoms with Crippen molar-refractivity contribution < 1.29 is 4.74 Å².